The zero-order valence-corrected chi connectivity index (χ0v) is 11.9. The first kappa shape index (κ1) is 11.9. The van der Waals surface area contributed by atoms with Gasteiger partial charge in [0.1, 0.15) is 0 Å². The lowest BCUT2D eigenvalue weighted by Gasteiger charge is -2.20. The lowest BCUT2D eigenvalue weighted by atomic mass is 10.0. The number of fused-ring (bicyclic) bond motifs is 3. The molecule has 0 fully saturated rings. The quantitative estimate of drug-likeness (QED) is 0.525. The minimum Gasteiger partial charge on any atom is -0.329 e. The molecule has 1 unspecified atom stereocenters. The topological polar surface area (TPSA) is 33.6 Å². The molecule has 4 heteroatoms. The predicted octanol–water partition coefficient (Wildman–Crippen LogP) is 4.53. The summed E-state index contributed by atoms with van der Waals surface area (Å²) < 4.78 is 3.09. The molecule has 0 saturated heterocycles. The van der Waals surface area contributed by atoms with Crippen LogP contribution >= 0.6 is 12.2 Å². The molecule has 1 N–H and O–H groups in total. The molecule has 100 valence electrons. The van der Waals surface area contributed by atoms with Crippen LogP contribution in [0.15, 0.2) is 42.6 Å². The third-order valence-electron chi connectivity index (χ3n) is 4.05. The maximum atomic E-state index is 5.55. The number of H-pyrrole nitrogens is 1. The van der Waals surface area contributed by atoms with Crippen LogP contribution < -0.4 is 0 Å². The third kappa shape index (κ3) is 1.72. The molecule has 2 aromatic heterocycles. The Hall–Kier alpha value is -1.94. The summed E-state index contributed by atoms with van der Waals surface area (Å²) in [6, 6.07) is 8.71. The number of aromatic amines is 1. The van der Waals surface area contributed by atoms with Crippen LogP contribution in [0, 0.1) is 4.77 Å². The van der Waals surface area contributed by atoms with Crippen molar-refractivity contribution in [3.8, 4) is 0 Å². The minimum atomic E-state index is 0.451. The average Bonchev–Trinajstić information content (AvgIpc) is 2.84. The number of imidazole rings is 1. The first-order valence-electron chi connectivity index (χ1n) is 6.97. The Bertz CT molecular complexity index is 872. The van der Waals surface area contributed by atoms with Crippen LogP contribution in [-0.4, -0.2) is 14.5 Å². The summed E-state index contributed by atoms with van der Waals surface area (Å²) in [6.07, 6.45) is 9.74. The Morgan fingerprint density at radius 2 is 2.15 bits per heavy atom. The summed E-state index contributed by atoms with van der Waals surface area (Å²) in [6.45, 7) is 0. The van der Waals surface area contributed by atoms with E-state index >= 15 is 0 Å². The van der Waals surface area contributed by atoms with Gasteiger partial charge in [-0.1, -0.05) is 30.4 Å². The highest BCUT2D eigenvalue weighted by molar-refractivity contribution is 7.71. The molecule has 0 amide bonds. The third-order valence-corrected chi connectivity index (χ3v) is 4.35. The van der Waals surface area contributed by atoms with Crippen molar-refractivity contribution in [3.63, 3.8) is 0 Å². The van der Waals surface area contributed by atoms with Crippen LogP contribution in [0.2, 0.25) is 0 Å². The highest BCUT2D eigenvalue weighted by Gasteiger charge is 2.17. The molecule has 20 heavy (non-hydrogen) atoms. The van der Waals surface area contributed by atoms with Crippen LogP contribution in [0.25, 0.3) is 21.9 Å². The lowest BCUT2D eigenvalue weighted by molar-refractivity contribution is 0.468. The number of hydrogen-bond donors (Lipinski definition) is 1. The van der Waals surface area contributed by atoms with Gasteiger partial charge in [0.15, 0.2) is 4.77 Å². The predicted molar refractivity (Wildman–Crippen MR) is 84.5 cm³/mol. The molecular weight excluding hydrogens is 266 g/mol. The largest absolute Gasteiger partial charge is 0.329 e. The van der Waals surface area contributed by atoms with Crippen LogP contribution in [-0.2, 0) is 0 Å². The maximum Gasteiger partial charge on any atom is 0.178 e. The Labute approximate surface area is 122 Å². The maximum absolute atomic E-state index is 5.55. The van der Waals surface area contributed by atoms with Crippen molar-refractivity contribution in [1.29, 1.82) is 0 Å². The van der Waals surface area contributed by atoms with Crippen molar-refractivity contribution in [3.05, 3.63) is 47.4 Å². The number of allylic oxidation sites excluding steroid dienone is 2. The molecule has 1 aliphatic rings. The normalized spacial score (nSPS) is 18.9. The van der Waals surface area contributed by atoms with Gasteiger partial charge in [-0.3, -0.25) is 4.98 Å². The molecule has 1 aromatic carbocycles. The molecule has 0 radical (unpaired) electrons. The fourth-order valence-electron chi connectivity index (χ4n) is 3.12. The van der Waals surface area contributed by atoms with E-state index in [2.05, 4.69) is 44.9 Å². The number of benzene rings is 1. The molecule has 1 aliphatic carbocycles. The Balaban J connectivity index is 2.08. The van der Waals surface area contributed by atoms with Gasteiger partial charge in [0.05, 0.1) is 22.7 Å². The van der Waals surface area contributed by atoms with Crippen LogP contribution in [0.1, 0.15) is 25.3 Å². The van der Waals surface area contributed by atoms with Crippen molar-refractivity contribution in [2.24, 2.45) is 0 Å². The Morgan fingerprint density at radius 1 is 1.25 bits per heavy atom. The lowest BCUT2D eigenvalue weighted by Crippen LogP contribution is -2.10. The minimum absolute atomic E-state index is 0.451. The second-order valence-electron chi connectivity index (χ2n) is 5.28. The van der Waals surface area contributed by atoms with Crippen molar-refractivity contribution in [2.75, 3.05) is 0 Å². The fraction of sp³-hybridized carbons (Fsp3) is 0.250. The number of rotatable bonds is 1. The first-order valence-corrected chi connectivity index (χ1v) is 7.38. The molecule has 3 nitrogen and oxygen atoms in total. The summed E-state index contributed by atoms with van der Waals surface area (Å²) in [5, 5.41) is 1.17. The van der Waals surface area contributed by atoms with Crippen LogP contribution in [0.3, 0.4) is 0 Å². The van der Waals surface area contributed by atoms with Crippen molar-refractivity contribution in [2.45, 2.75) is 25.3 Å². The zero-order chi connectivity index (χ0) is 13.5. The van der Waals surface area contributed by atoms with Gasteiger partial charge in [-0.05, 0) is 37.5 Å². The van der Waals surface area contributed by atoms with E-state index in [4.69, 9.17) is 12.2 Å². The summed E-state index contributed by atoms with van der Waals surface area (Å²) >= 11 is 5.55. The zero-order valence-electron chi connectivity index (χ0n) is 11.0. The van der Waals surface area contributed by atoms with E-state index in [1.165, 1.54) is 10.9 Å². The van der Waals surface area contributed by atoms with Crippen molar-refractivity contribution in [1.82, 2.24) is 14.5 Å². The molecule has 0 spiro atoms. The molecule has 4 rings (SSSR count). The number of aromatic nitrogens is 3. The monoisotopic (exact) mass is 281 g/mol. The summed E-state index contributed by atoms with van der Waals surface area (Å²) in [5.74, 6) is 0. The van der Waals surface area contributed by atoms with Crippen LogP contribution in [0.5, 0.6) is 0 Å². The second-order valence-corrected chi connectivity index (χ2v) is 5.66. The highest BCUT2D eigenvalue weighted by Crippen LogP contribution is 2.31. The van der Waals surface area contributed by atoms with E-state index in [0.717, 1.165) is 35.1 Å². The smallest absolute Gasteiger partial charge is 0.178 e. The molecule has 0 bridgehead atoms. The molecule has 1 atom stereocenters. The van der Waals surface area contributed by atoms with Gasteiger partial charge >= 0.3 is 0 Å². The molecule has 0 saturated carbocycles. The first-order chi connectivity index (χ1) is 9.84. The fourth-order valence-corrected chi connectivity index (χ4v) is 3.47. The van der Waals surface area contributed by atoms with Gasteiger partial charge in [-0.25, -0.2) is 0 Å². The van der Waals surface area contributed by atoms with E-state index < -0.39 is 0 Å². The number of pyridine rings is 1. The SMILES string of the molecule is S=c1[nH]c2cnc3ccccc3c2n1C1CC=CCC1. The number of hydrogen-bond acceptors (Lipinski definition) is 2. The van der Waals surface area contributed by atoms with E-state index in [1.807, 2.05) is 12.3 Å². The average molecular weight is 281 g/mol. The van der Waals surface area contributed by atoms with Crippen molar-refractivity contribution < 1.29 is 0 Å². The van der Waals surface area contributed by atoms with E-state index in [-0.39, 0.29) is 0 Å². The second kappa shape index (κ2) is 4.56. The highest BCUT2D eigenvalue weighted by atomic mass is 32.1. The summed E-state index contributed by atoms with van der Waals surface area (Å²) in [7, 11) is 0. The number of nitrogens with one attached hydrogen (secondary N) is 1. The summed E-state index contributed by atoms with van der Waals surface area (Å²) in [5.41, 5.74) is 3.25. The molecule has 2 heterocycles. The number of nitrogens with zero attached hydrogens (tertiary/aromatic N) is 2. The van der Waals surface area contributed by atoms with Gasteiger partial charge in [0, 0.05) is 11.4 Å². The van der Waals surface area contributed by atoms with Crippen molar-refractivity contribution >= 4 is 34.2 Å². The van der Waals surface area contributed by atoms with Gasteiger partial charge in [0.25, 0.3) is 0 Å². The molecule has 3 aromatic rings. The van der Waals surface area contributed by atoms with Gasteiger partial charge < -0.3 is 9.55 Å². The number of para-hydroxylation sites is 1. The Morgan fingerprint density at radius 3 is 3.00 bits per heavy atom. The van der Waals surface area contributed by atoms with Gasteiger partial charge in [-0.2, -0.15) is 0 Å². The van der Waals surface area contributed by atoms with E-state index in [1.54, 1.807) is 0 Å². The van der Waals surface area contributed by atoms with Crippen LogP contribution in [0.4, 0.5) is 0 Å². The standard InChI is InChI=1S/C16H15N3S/c20-16-18-14-10-17-13-9-5-4-8-12(13)15(14)19(16)11-6-2-1-3-7-11/h1-2,4-5,8-11H,3,6-7H2,(H,18,20). The Kier molecular flexibility index (Phi) is 2.70. The summed E-state index contributed by atoms with van der Waals surface area (Å²) in [4.78, 5) is 7.81. The van der Waals surface area contributed by atoms with E-state index in [9.17, 15) is 0 Å². The molecule has 0 aliphatic heterocycles. The van der Waals surface area contributed by atoms with Gasteiger partial charge in [-0.15, -0.1) is 0 Å². The molecular formula is C16H15N3S. The van der Waals surface area contributed by atoms with Gasteiger partial charge in [0.2, 0.25) is 0 Å². The van der Waals surface area contributed by atoms with E-state index in [0.29, 0.717) is 6.04 Å².